The summed E-state index contributed by atoms with van der Waals surface area (Å²) in [5, 5.41) is 10.4. The van der Waals surface area contributed by atoms with Crippen molar-refractivity contribution in [1.82, 2.24) is 0 Å². The van der Waals surface area contributed by atoms with Crippen LogP contribution in [0.3, 0.4) is 0 Å². The molecule has 2 aromatic carbocycles. The van der Waals surface area contributed by atoms with Crippen molar-refractivity contribution >= 4 is 0 Å². The van der Waals surface area contributed by atoms with Crippen LogP contribution in [0.15, 0.2) is 24.3 Å². The van der Waals surface area contributed by atoms with Gasteiger partial charge in [0.25, 0.3) is 0 Å². The Bertz CT molecular complexity index is 799. The molecule has 0 amide bonds. The van der Waals surface area contributed by atoms with E-state index >= 15 is 0 Å². The second-order valence-corrected chi connectivity index (χ2v) is 6.13. The number of rotatable bonds is 3. The van der Waals surface area contributed by atoms with Gasteiger partial charge in [-0.3, -0.25) is 0 Å². The largest absolute Gasteiger partial charge is 0.502 e. The quantitative estimate of drug-likeness (QED) is 0.937. The van der Waals surface area contributed by atoms with Crippen LogP contribution >= 0.6 is 0 Å². The van der Waals surface area contributed by atoms with E-state index in [9.17, 15) is 5.11 Å². The first-order valence-corrected chi connectivity index (χ1v) is 7.96. The zero-order valence-electron chi connectivity index (χ0n) is 14.0. The molecule has 24 heavy (non-hydrogen) atoms. The van der Waals surface area contributed by atoms with Crippen LogP contribution in [-0.4, -0.2) is 33.0 Å². The van der Waals surface area contributed by atoms with E-state index < -0.39 is 0 Å². The van der Waals surface area contributed by atoms with Crippen molar-refractivity contribution in [2.24, 2.45) is 0 Å². The number of methoxy groups -OCH3 is 3. The van der Waals surface area contributed by atoms with Crippen LogP contribution < -0.4 is 18.9 Å². The second kappa shape index (κ2) is 5.51. The van der Waals surface area contributed by atoms with Gasteiger partial charge in [0.1, 0.15) is 0 Å². The summed E-state index contributed by atoms with van der Waals surface area (Å²) in [5.74, 6) is 3.09. The average molecular weight is 328 g/mol. The molecule has 4 rings (SSSR count). The van der Waals surface area contributed by atoms with Crippen LogP contribution in [0, 0.1) is 0 Å². The molecule has 1 heterocycles. The number of hydrogen-bond donors (Lipinski definition) is 1. The van der Waals surface area contributed by atoms with Gasteiger partial charge >= 0.3 is 0 Å². The molecule has 0 spiro atoms. The van der Waals surface area contributed by atoms with Crippen molar-refractivity contribution in [3.8, 4) is 28.7 Å². The number of aromatic hydroxyl groups is 1. The number of ether oxygens (including phenoxy) is 4. The molecule has 0 saturated carbocycles. The maximum Gasteiger partial charge on any atom is 0.201 e. The average Bonchev–Trinajstić information content (AvgIpc) is 3.00. The van der Waals surface area contributed by atoms with E-state index in [1.807, 2.05) is 12.1 Å². The SMILES string of the molecule is COc1ccc2c(c1O)OC[C@H]1c3ccc(OC)c(OC)c3C[C@@H]21. The summed E-state index contributed by atoms with van der Waals surface area (Å²) in [5.41, 5.74) is 3.42. The van der Waals surface area contributed by atoms with Gasteiger partial charge in [-0.25, -0.2) is 0 Å². The predicted molar refractivity (Wildman–Crippen MR) is 88.9 cm³/mol. The van der Waals surface area contributed by atoms with E-state index in [2.05, 4.69) is 6.07 Å². The number of benzene rings is 2. The van der Waals surface area contributed by atoms with Gasteiger partial charge in [0.15, 0.2) is 23.0 Å². The fourth-order valence-corrected chi connectivity index (χ4v) is 4.03. The lowest BCUT2D eigenvalue weighted by atomic mass is 9.84. The molecule has 0 aromatic heterocycles. The van der Waals surface area contributed by atoms with Crippen molar-refractivity contribution in [3.05, 3.63) is 41.0 Å². The minimum Gasteiger partial charge on any atom is -0.502 e. The highest BCUT2D eigenvalue weighted by molar-refractivity contribution is 5.62. The lowest BCUT2D eigenvalue weighted by Gasteiger charge is -2.30. The summed E-state index contributed by atoms with van der Waals surface area (Å²) in [6.45, 7) is 0.529. The maximum absolute atomic E-state index is 10.4. The molecule has 0 saturated heterocycles. The standard InChI is InChI=1S/C19H20O5/c1-21-15-6-5-11-12-8-13-10(4-7-16(22-2)18(13)23-3)14(12)9-24-19(11)17(15)20/h4-7,12,14,20H,8-9H2,1-3H3/t12-,14-/m0/s1. The highest BCUT2D eigenvalue weighted by Crippen LogP contribution is 2.56. The highest BCUT2D eigenvalue weighted by atomic mass is 16.5. The van der Waals surface area contributed by atoms with Gasteiger partial charge < -0.3 is 24.1 Å². The molecule has 5 nitrogen and oxygen atoms in total. The molecule has 0 unspecified atom stereocenters. The van der Waals surface area contributed by atoms with Crippen molar-refractivity contribution in [3.63, 3.8) is 0 Å². The Hall–Kier alpha value is -2.56. The summed E-state index contributed by atoms with van der Waals surface area (Å²) in [6.07, 6.45) is 0.836. The van der Waals surface area contributed by atoms with Gasteiger partial charge in [0.2, 0.25) is 5.75 Å². The minimum absolute atomic E-state index is 0.0777. The van der Waals surface area contributed by atoms with Crippen LogP contribution in [0.1, 0.15) is 28.5 Å². The van der Waals surface area contributed by atoms with Crippen LogP contribution in [0.2, 0.25) is 0 Å². The predicted octanol–water partition coefficient (Wildman–Crippen LogP) is 3.23. The summed E-state index contributed by atoms with van der Waals surface area (Å²) >= 11 is 0. The molecule has 0 bridgehead atoms. The van der Waals surface area contributed by atoms with E-state index in [0.717, 1.165) is 23.5 Å². The van der Waals surface area contributed by atoms with Crippen molar-refractivity contribution in [1.29, 1.82) is 0 Å². The molecule has 2 aromatic rings. The van der Waals surface area contributed by atoms with Gasteiger partial charge in [-0.05, 0) is 24.1 Å². The fraction of sp³-hybridized carbons (Fsp3) is 0.368. The van der Waals surface area contributed by atoms with Gasteiger partial charge in [0.05, 0.1) is 27.9 Å². The zero-order valence-corrected chi connectivity index (χ0v) is 14.0. The van der Waals surface area contributed by atoms with E-state index in [0.29, 0.717) is 18.1 Å². The first-order chi connectivity index (χ1) is 11.7. The Kier molecular flexibility index (Phi) is 3.44. The molecule has 1 N–H and O–H groups in total. The monoisotopic (exact) mass is 328 g/mol. The van der Waals surface area contributed by atoms with E-state index in [-0.39, 0.29) is 17.6 Å². The van der Waals surface area contributed by atoms with Crippen molar-refractivity contribution < 1.29 is 24.1 Å². The Morgan fingerprint density at radius 3 is 2.33 bits per heavy atom. The van der Waals surface area contributed by atoms with Gasteiger partial charge in [-0.2, -0.15) is 0 Å². The number of hydrogen-bond acceptors (Lipinski definition) is 5. The molecular formula is C19H20O5. The molecule has 126 valence electrons. The topological polar surface area (TPSA) is 57.2 Å². The second-order valence-electron chi connectivity index (χ2n) is 6.13. The van der Waals surface area contributed by atoms with Gasteiger partial charge in [-0.1, -0.05) is 12.1 Å². The van der Waals surface area contributed by atoms with Crippen LogP contribution in [0.5, 0.6) is 28.7 Å². The Morgan fingerprint density at radius 2 is 1.62 bits per heavy atom. The third kappa shape index (κ3) is 1.94. The van der Waals surface area contributed by atoms with E-state index in [1.54, 1.807) is 20.3 Å². The Labute approximate surface area is 140 Å². The molecule has 1 aliphatic carbocycles. The number of fused-ring (bicyclic) bond motifs is 5. The molecule has 5 heteroatoms. The maximum atomic E-state index is 10.4. The Morgan fingerprint density at radius 1 is 0.917 bits per heavy atom. The highest BCUT2D eigenvalue weighted by Gasteiger charge is 2.41. The molecule has 2 atom stereocenters. The third-order valence-electron chi connectivity index (χ3n) is 5.15. The van der Waals surface area contributed by atoms with Gasteiger partial charge in [-0.15, -0.1) is 0 Å². The van der Waals surface area contributed by atoms with Crippen molar-refractivity contribution in [2.45, 2.75) is 18.3 Å². The molecule has 0 radical (unpaired) electrons. The summed E-state index contributed by atoms with van der Waals surface area (Å²) in [6, 6.07) is 7.82. The van der Waals surface area contributed by atoms with Gasteiger partial charge in [0, 0.05) is 23.0 Å². The molecule has 1 aliphatic heterocycles. The van der Waals surface area contributed by atoms with E-state index in [4.69, 9.17) is 18.9 Å². The van der Waals surface area contributed by atoms with Crippen LogP contribution in [-0.2, 0) is 6.42 Å². The number of phenolic OH excluding ortho intramolecular Hbond substituents is 1. The first-order valence-electron chi connectivity index (χ1n) is 7.96. The lowest BCUT2D eigenvalue weighted by Crippen LogP contribution is -2.21. The van der Waals surface area contributed by atoms with Crippen molar-refractivity contribution in [2.75, 3.05) is 27.9 Å². The minimum atomic E-state index is 0.0777. The fourth-order valence-electron chi connectivity index (χ4n) is 4.03. The third-order valence-corrected chi connectivity index (χ3v) is 5.15. The normalized spacial score (nSPS) is 20.5. The summed E-state index contributed by atoms with van der Waals surface area (Å²) in [4.78, 5) is 0. The van der Waals surface area contributed by atoms with E-state index in [1.165, 1.54) is 18.2 Å². The Balaban J connectivity index is 1.81. The first kappa shape index (κ1) is 15.0. The van der Waals surface area contributed by atoms with Crippen LogP contribution in [0.4, 0.5) is 0 Å². The molecular weight excluding hydrogens is 308 g/mol. The molecule has 0 fully saturated rings. The summed E-state index contributed by atoms with van der Waals surface area (Å²) < 4.78 is 22.1. The summed E-state index contributed by atoms with van der Waals surface area (Å²) in [7, 11) is 4.85. The lowest BCUT2D eigenvalue weighted by molar-refractivity contribution is 0.231. The number of phenols is 1. The zero-order chi connectivity index (χ0) is 16.8. The smallest absolute Gasteiger partial charge is 0.201 e. The van der Waals surface area contributed by atoms with Crippen LogP contribution in [0.25, 0.3) is 0 Å². The molecule has 2 aliphatic rings.